The number of benzene rings is 4. The molecule has 4 aromatic rings. The molecule has 49 heavy (non-hydrogen) atoms. The van der Waals surface area contributed by atoms with Gasteiger partial charge in [-0.3, -0.25) is 0 Å². The third-order valence-corrected chi connectivity index (χ3v) is 24.3. The van der Waals surface area contributed by atoms with Crippen LogP contribution in [-0.4, -0.2) is 16.6 Å². The fourth-order valence-electron chi connectivity index (χ4n) is 10.3. The molecule has 2 aliphatic carbocycles. The van der Waals surface area contributed by atoms with Crippen LogP contribution in [0.2, 0.25) is 33.2 Å². The second-order valence-corrected chi connectivity index (χ2v) is 27.5. The minimum absolute atomic E-state index is 0.485. The Balaban J connectivity index is 1.77. The normalized spacial score (nSPS) is 15.2. The summed E-state index contributed by atoms with van der Waals surface area (Å²) in [6.45, 7) is 28.8. The molecular formula is C45H60O2Si2. The Labute approximate surface area is 299 Å². The molecule has 2 nitrogen and oxygen atoms in total. The van der Waals surface area contributed by atoms with E-state index >= 15 is 0 Å². The molecule has 0 unspecified atom stereocenters. The Hall–Kier alpha value is -3.09. The number of allylic oxidation sites excluding steroid dienone is 4. The Morgan fingerprint density at radius 2 is 0.796 bits per heavy atom. The molecule has 0 atom stereocenters. The summed E-state index contributed by atoms with van der Waals surface area (Å²) >= 11 is 0. The first kappa shape index (κ1) is 35.7. The minimum Gasteiger partial charge on any atom is -0.542 e. The Bertz CT molecular complexity index is 1740. The molecule has 0 fully saturated rings. The van der Waals surface area contributed by atoms with Crippen molar-refractivity contribution in [2.24, 2.45) is 0 Å². The first-order chi connectivity index (χ1) is 23.2. The van der Waals surface area contributed by atoms with Gasteiger partial charge in [-0.05, 0) is 95.6 Å². The van der Waals surface area contributed by atoms with Gasteiger partial charge in [0.2, 0.25) is 0 Å². The predicted octanol–water partition coefficient (Wildman–Crippen LogP) is 14.1. The van der Waals surface area contributed by atoms with Crippen molar-refractivity contribution in [3.05, 3.63) is 95.1 Å². The molecule has 4 aromatic carbocycles. The summed E-state index contributed by atoms with van der Waals surface area (Å²) in [5.41, 5.74) is 11.2. The lowest BCUT2D eigenvalue weighted by atomic mass is 9.79. The van der Waals surface area contributed by atoms with Gasteiger partial charge in [0.1, 0.15) is 11.5 Å². The van der Waals surface area contributed by atoms with Crippen LogP contribution in [0.4, 0.5) is 0 Å². The van der Waals surface area contributed by atoms with Crippen LogP contribution in [-0.2, 0) is 12.8 Å². The highest BCUT2D eigenvalue weighted by atomic mass is 28.4. The molecule has 0 saturated heterocycles. The van der Waals surface area contributed by atoms with Crippen molar-refractivity contribution in [3.63, 3.8) is 0 Å². The summed E-state index contributed by atoms with van der Waals surface area (Å²) in [5, 5.41) is 5.13. The van der Waals surface area contributed by atoms with Gasteiger partial charge in [0.25, 0.3) is 16.6 Å². The van der Waals surface area contributed by atoms with Crippen LogP contribution in [0.5, 0.6) is 11.5 Å². The maximum Gasteiger partial charge on any atom is 0.258 e. The SMILES string of the molecule is CC(C)[Si](Oc1cc2ccccc2c2c1CC1=CCC=C1Cc1c(O[Si](C(C)C)(C(C)C)C(C)C)cc3ccccc3c1-2)(C(C)C)C(C)C. The van der Waals surface area contributed by atoms with Crippen molar-refractivity contribution < 1.29 is 8.85 Å². The highest BCUT2D eigenvalue weighted by Gasteiger charge is 2.49. The molecule has 0 amide bonds. The van der Waals surface area contributed by atoms with Crippen molar-refractivity contribution in [1.29, 1.82) is 0 Å². The minimum atomic E-state index is -2.26. The topological polar surface area (TPSA) is 18.5 Å². The van der Waals surface area contributed by atoms with Crippen molar-refractivity contribution in [1.82, 2.24) is 0 Å². The van der Waals surface area contributed by atoms with Gasteiger partial charge in [0.05, 0.1) is 0 Å². The Kier molecular flexibility index (Phi) is 9.89. The highest BCUT2D eigenvalue weighted by molar-refractivity contribution is 6.78. The van der Waals surface area contributed by atoms with E-state index in [0.717, 1.165) is 30.8 Å². The second-order valence-electron chi connectivity index (χ2n) is 16.8. The third kappa shape index (κ3) is 5.85. The molecular weight excluding hydrogens is 629 g/mol. The van der Waals surface area contributed by atoms with Crippen molar-refractivity contribution in [2.75, 3.05) is 0 Å². The zero-order chi connectivity index (χ0) is 35.4. The number of hydrogen-bond donors (Lipinski definition) is 0. The Morgan fingerprint density at radius 1 is 0.469 bits per heavy atom. The molecule has 0 heterocycles. The molecule has 0 bridgehead atoms. The van der Waals surface area contributed by atoms with Crippen molar-refractivity contribution in [3.8, 4) is 22.6 Å². The highest BCUT2D eigenvalue weighted by Crippen LogP contribution is 2.53. The molecule has 260 valence electrons. The van der Waals surface area contributed by atoms with E-state index in [1.54, 1.807) is 0 Å². The lowest BCUT2D eigenvalue weighted by Gasteiger charge is -2.43. The van der Waals surface area contributed by atoms with Gasteiger partial charge in [-0.2, -0.15) is 0 Å². The fourth-order valence-corrected chi connectivity index (χ4v) is 20.8. The molecule has 6 rings (SSSR count). The van der Waals surface area contributed by atoms with E-state index in [9.17, 15) is 0 Å². The Morgan fingerprint density at radius 3 is 1.12 bits per heavy atom. The average molecular weight is 689 g/mol. The zero-order valence-corrected chi connectivity index (χ0v) is 34.3. The van der Waals surface area contributed by atoms with Crippen molar-refractivity contribution >= 4 is 38.2 Å². The summed E-state index contributed by atoms with van der Waals surface area (Å²) in [6.07, 6.45) is 7.72. The van der Waals surface area contributed by atoms with E-state index in [1.807, 2.05) is 0 Å². The number of fused-ring (bicyclic) bond motifs is 8. The lowest BCUT2D eigenvalue weighted by molar-refractivity contribution is 0.475. The second kappa shape index (κ2) is 13.6. The van der Waals surface area contributed by atoms with Gasteiger partial charge >= 0.3 is 0 Å². The summed E-state index contributed by atoms with van der Waals surface area (Å²) in [4.78, 5) is 0. The average Bonchev–Trinajstić information content (AvgIpc) is 3.46. The van der Waals surface area contributed by atoms with E-state index < -0.39 is 16.6 Å². The van der Waals surface area contributed by atoms with Gasteiger partial charge in [0.15, 0.2) is 0 Å². The molecule has 0 saturated carbocycles. The lowest BCUT2D eigenvalue weighted by Crippen LogP contribution is -2.51. The van der Waals surface area contributed by atoms with E-state index in [1.165, 1.54) is 54.9 Å². The molecule has 4 heteroatoms. The standard InChI is InChI=1S/C45H60O2Si2/c1-28(2)48(29(3)4,30(5)6)46-42-26-36-18-13-15-22-38(36)44-40(42)24-34-20-17-21-35(34)25-41-43(27-37-19-14-16-23-39(37)45(41)44)47-49(31(7)8,32(9)10)33(11)12/h13-16,18-23,26-33H,17,24-25H2,1-12H3. The van der Waals surface area contributed by atoms with Gasteiger partial charge < -0.3 is 8.85 Å². The van der Waals surface area contributed by atoms with Gasteiger partial charge in [-0.1, -0.05) is 144 Å². The first-order valence-electron chi connectivity index (χ1n) is 19.1. The van der Waals surface area contributed by atoms with Gasteiger partial charge in [-0.25, -0.2) is 0 Å². The van der Waals surface area contributed by atoms with Crippen LogP contribution < -0.4 is 8.85 Å². The first-order valence-corrected chi connectivity index (χ1v) is 23.4. The van der Waals surface area contributed by atoms with Crippen LogP contribution in [0.15, 0.2) is 84.0 Å². The van der Waals surface area contributed by atoms with Crippen LogP contribution in [0, 0.1) is 0 Å². The zero-order valence-electron chi connectivity index (χ0n) is 32.3. The van der Waals surface area contributed by atoms with E-state index in [-0.39, 0.29) is 0 Å². The summed E-state index contributed by atoms with van der Waals surface area (Å²) in [6, 6.07) is 22.9. The summed E-state index contributed by atoms with van der Waals surface area (Å²) in [5.74, 6) is 2.20. The summed E-state index contributed by atoms with van der Waals surface area (Å²) < 4.78 is 15.5. The van der Waals surface area contributed by atoms with Crippen LogP contribution in [0.25, 0.3) is 32.7 Å². The smallest absolute Gasteiger partial charge is 0.258 e. The molecule has 0 aliphatic heterocycles. The van der Waals surface area contributed by atoms with Crippen LogP contribution in [0.1, 0.15) is 101 Å². The largest absolute Gasteiger partial charge is 0.542 e. The van der Waals surface area contributed by atoms with Crippen LogP contribution in [0.3, 0.4) is 0 Å². The predicted molar refractivity (Wildman–Crippen MR) is 218 cm³/mol. The molecule has 0 radical (unpaired) electrons. The van der Waals surface area contributed by atoms with Gasteiger partial charge in [-0.15, -0.1) is 0 Å². The van der Waals surface area contributed by atoms with Crippen molar-refractivity contribution in [2.45, 2.75) is 136 Å². The number of rotatable bonds is 10. The molecule has 0 N–H and O–H groups in total. The molecule has 0 aromatic heterocycles. The quantitative estimate of drug-likeness (QED) is 0.154. The fraction of sp³-hybridized carbons (Fsp3) is 0.467. The third-order valence-electron chi connectivity index (χ3n) is 12.3. The summed E-state index contributed by atoms with van der Waals surface area (Å²) in [7, 11) is -4.51. The monoisotopic (exact) mass is 688 g/mol. The molecule has 0 spiro atoms. The maximum absolute atomic E-state index is 7.74. The van der Waals surface area contributed by atoms with Crippen LogP contribution >= 0.6 is 0 Å². The van der Waals surface area contributed by atoms with E-state index in [2.05, 4.69) is 156 Å². The van der Waals surface area contributed by atoms with E-state index in [0.29, 0.717) is 33.2 Å². The number of hydrogen-bond acceptors (Lipinski definition) is 2. The van der Waals surface area contributed by atoms with Gasteiger partial charge in [0, 0.05) is 24.0 Å². The van der Waals surface area contributed by atoms with E-state index in [4.69, 9.17) is 8.85 Å². The molecule has 2 aliphatic rings. The maximum atomic E-state index is 7.74.